The number of hydrogen-bond donors (Lipinski definition) is 2. The zero-order valence-corrected chi connectivity index (χ0v) is 9.70. The Balaban J connectivity index is 3.16. The summed E-state index contributed by atoms with van der Waals surface area (Å²) in [5, 5.41) is 11.7. The number of ether oxygens (including phenoxy) is 1. The summed E-state index contributed by atoms with van der Waals surface area (Å²) in [5.74, 6) is 0. The van der Waals surface area contributed by atoms with E-state index in [0.29, 0.717) is 24.3 Å². The fourth-order valence-corrected chi connectivity index (χ4v) is 1.46. The van der Waals surface area contributed by atoms with Gasteiger partial charge in [-0.3, -0.25) is 4.79 Å². The molecule has 1 aromatic rings. The Morgan fingerprint density at radius 3 is 2.88 bits per heavy atom. The van der Waals surface area contributed by atoms with Gasteiger partial charge in [-0.25, -0.2) is 0 Å². The van der Waals surface area contributed by atoms with Crippen molar-refractivity contribution in [1.82, 2.24) is 4.98 Å². The minimum atomic E-state index is -0.242. The van der Waals surface area contributed by atoms with Crippen LogP contribution < -0.4 is 5.56 Å². The second kappa shape index (κ2) is 5.46. The molecule has 0 fully saturated rings. The maximum Gasteiger partial charge on any atom is 0.257 e. The van der Waals surface area contributed by atoms with Gasteiger partial charge in [0.25, 0.3) is 5.56 Å². The molecule has 0 bridgehead atoms. The van der Waals surface area contributed by atoms with Crippen LogP contribution in [0.25, 0.3) is 0 Å². The van der Waals surface area contributed by atoms with Crippen LogP contribution in [0.3, 0.4) is 0 Å². The number of H-pyrrole nitrogens is 1. The predicted molar refractivity (Wildman–Crippen MR) is 61.4 cm³/mol. The van der Waals surface area contributed by atoms with Crippen molar-refractivity contribution in [2.75, 3.05) is 13.7 Å². The van der Waals surface area contributed by atoms with Crippen molar-refractivity contribution in [2.24, 2.45) is 5.16 Å². The second-order valence-corrected chi connectivity index (χ2v) is 3.59. The molecule has 0 saturated carbocycles. The van der Waals surface area contributed by atoms with E-state index in [-0.39, 0.29) is 5.56 Å². The van der Waals surface area contributed by atoms with Crippen molar-refractivity contribution in [3.8, 4) is 0 Å². The molecule has 88 valence electrons. The highest BCUT2D eigenvalue weighted by Crippen LogP contribution is 2.07. The molecular weight excluding hydrogens is 208 g/mol. The van der Waals surface area contributed by atoms with Gasteiger partial charge in [-0.15, -0.1) is 0 Å². The summed E-state index contributed by atoms with van der Waals surface area (Å²) in [7, 11) is 1.63. The van der Waals surface area contributed by atoms with Gasteiger partial charge >= 0.3 is 0 Å². The van der Waals surface area contributed by atoms with Crippen molar-refractivity contribution in [2.45, 2.75) is 20.3 Å². The Hall–Kier alpha value is -1.62. The molecule has 1 rings (SSSR count). The first-order chi connectivity index (χ1) is 7.60. The van der Waals surface area contributed by atoms with E-state index in [4.69, 9.17) is 9.94 Å². The molecule has 0 aliphatic rings. The van der Waals surface area contributed by atoms with E-state index in [9.17, 15) is 4.79 Å². The van der Waals surface area contributed by atoms with E-state index < -0.39 is 0 Å². The molecule has 2 N–H and O–H groups in total. The molecule has 0 aliphatic carbocycles. The van der Waals surface area contributed by atoms with E-state index in [1.807, 2.05) is 6.92 Å². The fourth-order valence-electron chi connectivity index (χ4n) is 1.46. The SMILES string of the molecule is COCCc1cc(/C(C)=N/O)c(=O)[nH]c1C. The standard InChI is InChI=1S/C11H16N2O3/c1-7-9(4-5-16-3)6-10(8(2)13-15)11(14)12-7/h6,15H,4-5H2,1-3H3,(H,12,14)/b13-8+. The van der Waals surface area contributed by atoms with Crippen LogP contribution in [0.2, 0.25) is 0 Å². The Morgan fingerprint density at radius 2 is 2.31 bits per heavy atom. The van der Waals surface area contributed by atoms with Crippen LogP contribution in [0.4, 0.5) is 0 Å². The molecule has 16 heavy (non-hydrogen) atoms. The van der Waals surface area contributed by atoms with Gasteiger partial charge in [0.05, 0.1) is 17.9 Å². The normalized spacial score (nSPS) is 11.8. The van der Waals surface area contributed by atoms with Crippen LogP contribution in [0.15, 0.2) is 16.0 Å². The molecule has 0 aliphatic heterocycles. The number of nitrogens with one attached hydrogen (secondary N) is 1. The Morgan fingerprint density at radius 1 is 1.62 bits per heavy atom. The molecule has 1 heterocycles. The molecule has 5 nitrogen and oxygen atoms in total. The van der Waals surface area contributed by atoms with Gasteiger partial charge in [0.15, 0.2) is 0 Å². The number of hydrogen-bond acceptors (Lipinski definition) is 4. The lowest BCUT2D eigenvalue weighted by Crippen LogP contribution is -2.19. The van der Waals surface area contributed by atoms with Crippen LogP contribution >= 0.6 is 0 Å². The summed E-state index contributed by atoms with van der Waals surface area (Å²) < 4.78 is 4.99. The molecule has 0 atom stereocenters. The summed E-state index contributed by atoms with van der Waals surface area (Å²) in [6.45, 7) is 4.00. The van der Waals surface area contributed by atoms with Gasteiger partial charge in [-0.1, -0.05) is 5.16 Å². The van der Waals surface area contributed by atoms with Crippen LogP contribution in [-0.4, -0.2) is 29.6 Å². The van der Waals surface area contributed by atoms with Gasteiger partial charge in [0, 0.05) is 12.8 Å². The number of rotatable bonds is 4. The maximum atomic E-state index is 11.6. The minimum Gasteiger partial charge on any atom is -0.411 e. The third kappa shape index (κ3) is 2.70. The lowest BCUT2D eigenvalue weighted by molar-refractivity contribution is 0.202. The number of methoxy groups -OCH3 is 1. The molecule has 0 saturated heterocycles. The quantitative estimate of drug-likeness (QED) is 0.456. The van der Waals surface area contributed by atoms with Crippen molar-refractivity contribution in [1.29, 1.82) is 0 Å². The number of oxime groups is 1. The van der Waals surface area contributed by atoms with Gasteiger partial charge in [0.2, 0.25) is 0 Å². The molecular formula is C11H16N2O3. The molecule has 5 heteroatoms. The Labute approximate surface area is 93.8 Å². The van der Waals surface area contributed by atoms with Crippen molar-refractivity contribution < 1.29 is 9.94 Å². The van der Waals surface area contributed by atoms with Gasteiger partial charge in [-0.05, 0) is 31.9 Å². The topological polar surface area (TPSA) is 74.7 Å². The van der Waals surface area contributed by atoms with Crippen molar-refractivity contribution in [3.05, 3.63) is 33.2 Å². The average Bonchev–Trinajstić information content (AvgIpc) is 2.27. The average molecular weight is 224 g/mol. The molecule has 1 aromatic heterocycles. The van der Waals surface area contributed by atoms with Crippen LogP contribution in [0.5, 0.6) is 0 Å². The zero-order valence-electron chi connectivity index (χ0n) is 9.70. The molecule has 0 spiro atoms. The monoisotopic (exact) mass is 224 g/mol. The fraction of sp³-hybridized carbons (Fsp3) is 0.455. The highest BCUT2D eigenvalue weighted by atomic mass is 16.5. The smallest absolute Gasteiger partial charge is 0.257 e. The van der Waals surface area contributed by atoms with E-state index in [0.717, 1.165) is 11.3 Å². The summed E-state index contributed by atoms with van der Waals surface area (Å²) in [5.41, 5.74) is 2.25. The maximum absolute atomic E-state index is 11.6. The van der Waals surface area contributed by atoms with Crippen molar-refractivity contribution in [3.63, 3.8) is 0 Å². The zero-order chi connectivity index (χ0) is 12.1. The molecule has 0 radical (unpaired) electrons. The highest BCUT2D eigenvalue weighted by molar-refractivity contribution is 5.98. The third-order valence-corrected chi connectivity index (χ3v) is 2.46. The number of aromatic amines is 1. The molecule has 0 unspecified atom stereocenters. The number of pyridine rings is 1. The lowest BCUT2D eigenvalue weighted by atomic mass is 10.1. The third-order valence-electron chi connectivity index (χ3n) is 2.46. The van der Waals surface area contributed by atoms with E-state index in [1.165, 1.54) is 0 Å². The van der Waals surface area contributed by atoms with Gasteiger partial charge in [0.1, 0.15) is 0 Å². The summed E-state index contributed by atoms with van der Waals surface area (Å²) in [6.07, 6.45) is 0.713. The number of aromatic nitrogens is 1. The summed E-state index contributed by atoms with van der Waals surface area (Å²) in [4.78, 5) is 14.3. The largest absolute Gasteiger partial charge is 0.411 e. The first-order valence-corrected chi connectivity index (χ1v) is 5.01. The van der Waals surface area contributed by atoms with Crippen LogP contribution in [0.1, 0.15) is 23.7 Å². The molecule has 0 aromatic carbocycles. The van der Waals surface area contributed by atoms with E-state index >= 15 is 0 Å². The van der Waals surface area contributed by atoms with Crippen LogP contribution in [-0.2, 0) is 11.2 Å². The molecule has 0 amide bonds. The highest BCUT2D eigenvalue weighted by Gasteiger charge is 2.08. The number of nitrogens with zero attached hydrogens (tertiary/aromatic N) is 1. The van der Waals surface area contributed by atoms with Crippen molar-refractivity contribution >= 4 is 5.71 Å². The Kier molecular flexibility index (Phi) is 4.25. The van der Waals surface area contributed by atoms with Crippen LogP contribution in [0, 0.1) is 6.92 Å². The van der Waals surface area contributed by atoms with E-state index in [1.54, 1.807) is 20.1 Å². The Bertz CT molecular complexity index is 449. The summed E-state index contributed by atoms with van der Waals surface area (Å²) >= 11 is 0. The van der Waals surface area contributed by atoms with Gasteiger partial charge < -0.3 is 14.9 Å². The first-order valence-electron chi connectivity index (χ1n) is 5.01. The predicted octanol–water partition coefficient (Wildman–Crippen LogP) is 1.07. The minimum absolute atomic E-state index is 0.242. The van der Waals surface area contributed by atoms with E-state index in [2.05, 4.69) is 10.1 Å². The summed E-state index contributed by atoms with van der Waals surface area (Å²) in [6, 6.07) is 1.74. The number of aryl methyl sites for hydroxylation is 1. The first kappa shape index (κ1) is 12.4. The van der Waals surface area contributed by atoms with Gasteiger partial charge in [-0.2, -0.15) is 0 Å². The second-order valence-electron chi connectivity index (χ2n) is 3.59. The lowest BCUT2D eigenvalue weighted by Gasteiger charge is -2.07.